The molecule has 0 radical (unpaired) electrons. The Morgan fingerprint density at radius 3 is 2.00 bits per heavy atom. The summed E-state index contributed by atoms with van der Waals surface area (Å²) in [6, 6.07) is 8.95. The summed E-state index contributed by atoms with van der Waals surface area (Å²) < 4.78 is 11.0. The lowest BCUT2D eigenvalue weighted by atomic mass is 10.1. The second-order valence-electron chi connectivity index (χ2n) is 6.96. The summed E-state index contributed by atoms with van der Waals surface area (Å²) >= 11 is 12.0. The Morgan fingerprint density at radius 1 is 0.867 bits per heavy atom. The molecule has 2 aromatic carbocycles. The Labute approximate surface area is 186 Å². The second-order valence-corrected chi connectivity index (χ2v) is 7.77. The number of carboxylic acid groups (broad SMARTS) is 1. The van der Waals surface area contributed by atoms with E-state index in [4.69, 9.17) is 37.8 Å². The van der Waals surface area contributed by atoms with Crippen LogP contribution < -0.4 is 9.47 Å². The van der Waals surface area contributed by atoms with Crippen LogP contribution in [0.4, 0.5) is 0 Å². The van der Waals surface area contributed by atoms with E-state index in [0.717, 1.165) is 12.8 Å². The molecular formula is C23H26Cl2O5. The Kier molecular flexibility index (Phi) is 9.98. The lowest BCUT2D eigenvalue weighted by Crippen LogP contribution is -2.10. The largest absolute Gasteiger partial charge is 0.494 e. The van der Waals surface area contributed by atoms with E-state index in [2.05, 4.69) is 6.92 Å². The van der Waals surface area contributed by atoms with Gasteiger partial charge in [-0.3, -0.25) is 0 Å². The molecule has 0 heterocycles. The first-order chi connectivity index (χ1) is 14.4. The van der Waals surface area contributed by atoms with Gasteiger partial charge in [-0.05, 0) is 42.8 Å². The maximum Gasteiger partial charge on any atom is 0.343 e. The fraction of sp³-hybridized carbons (Fsp3) is 0.391. The molecule has 0 fully saturated rings. The van der Waals surface area contributed by atoms with Crippen molar-refractivity contribution in [2.24, 2.45) is 0 Å². The number of ether oxygens (including phenoxy) is 2. The lowest BCUT2D eigenvalue weighted by Gasteiger charge is -2.10. The van der Waals surface area contributed by atoms with Crippen molar-refractivity contribution < 1.29 is 24.2 Å². The van der Waals surface area contributed by atoms with Crippen LogP contribution in [0.1, 0.15) is 72.6 Å². The Morgan fingerprint density at radius 2 is 1.43 bits per heavy atom. The van der Waals surface area contributed by atoms with Crippen molar-refractivity contribution >= 4 is 35.1 Å². The van der Waals surface area contributed by atoms with E-state index in [9.17, 15) is 9.59 Å². The number of hydrogen-bond donors (Lipinski definition) is 1. The molecule has 5 nitrogen and oxygen atoms in total. The van der Waals surface area contributed by atoms with Gasteiger partial charge in [0.25, 0.3) is 0 Å². The molecule has 0 aromatic heterocycles. The van der Waals surface area contributed by atoms with E-state index in [0.29, 0.717) is 17.9 Å². The molecule has 0 atom stereocenters. The molecule has 30 heavy (non-hydrogen) atoms. The van der Waals surface area contributed by atoms with Crippen molar-refractivity contribution in [3.05, 3.63) is 57.6 Å². The van der Waals surface area contributed by atoms with Crippen LogP contribution in [0.25, 0.3) is 0 Å². The minimum Gasteiger partial charge on any atom is -0.494 e. The molecule has 0 aliphatic carbocycles. The van der Waals surface area contributed by atoms with Gasteiger partial charge in [-0.15, -0.1) is 0 Å². The molecule has 7 heteroatoms. The highest BCUT2D eigenvalue weighted by Crippen LogP contribution is 2.35. The average Bonchev–Trinajstić information content (AvgIpc) is 2.72. The number of carboxylic acids is 1. The monoisotopic (exact) mass is 452 g/mol. The van der Waals surface area contributed by atoms with Gasteiger partial charge in [0.2, 0.25) is 0 Å². The predicted molar refractivity (Wildman–Crippen MR) is 118 cm³/mol. The summed E-state index contributed by atoms with van der Waals surface area (Å²) in [5.74, 6) is -1.23. The van der Waals surface area contributed by atoms with E-state index in [-0.39, 0.29) is 21.4 Å². The molecule has 0 saturated carbocycles. The molecule has 0 bridgehead atoms. The maximum absolute atomic E-state index is 12.4. The lowest BCUT2D eigenvalue weighted by molar-refractivity contribution is 0.0696. The molecule has 2 aromatic rings. The number of hydrogen-bond acceptors (Lipinski definition) is 4. The van der Waals surface area contributed by atoms with Gasteiger partial charge in [0.1, 0.15) is 5.75 Å². The van der Waals surface area contributed by atoms with Gasteiger partial charge in [0.05, 0.1) is 27.8 Å². The summed E-state index contributed by atoms with van der Waals surface area (Å²) in [6.07, 6.45) is 8.51. The van der Waals surface area contributed by atoms with E-state index >= 15 is 0 Å². The van der Waals surface area contributed by atoms with Crippen molar-refractivity contribution in [2.45, 2.75) is 51.9 Å². The third kappa shape index (κ3) is 7.54. The van der Waals surface area contributed by atoms with Gasteiger partial charge in [-0.1, -0.05) is 68.7 Å². The summed E-state index contributed by atoms with van der Waals surface area (Å²) in [7, 11) is 0. The minimum atomic E-state index is -1.18. The molecular weight excluding hydrogens is 427 g/mol. The zero-order valence-electron chi connectivity index (χ0n) is 17.0. The first kappa shape index (κ1) is 24.0. The van der Waals surface area contributed by atoms with Crippen molar-refractivity contribution in [1.29, 1.82) is 0 Å². The molecule has 1 N–H and O–H groups in total. The van der Waals surface area contributed by atoms with Gasteiger partial charge in [0, 0.05) is 0 Å². The number of carbonyl (C=O) groups is 2. The summed E-state index contributed by atoms with van der Waals surface area (Å²) in [4.78, 5) is 23.4. The second kappa shape index (κ2) is 12.5. The van der Waals surface area contributed by atoms with Gasteiger partial charge >= 0.3 is 11.9 Å². The number of carbonyl (C=O) groups excluding carboxylic acids is 1. The molecule has 0 aliphatic rings. The zero-order valence-corrected chi connectivity index (χ0v) is 18.5. The third-order valence-electron chi connectivity index (χ3n) is 4.55. The smallest absolute Gasteiger partial charge is 0.343 e. The summed E-state index contributed by atoms with van der Waals surface area (Å²) in [5.41, 5.74) is 0.208. The SMILES string of the molecule is CCCCCCCCCOc1ccc(C(=O)Oc2c(Cl)cc(C(=O)O)cc2Cl)cc1. The molecule has 162 valence electrons. The standard InChI is InChI=1S/C23H26Cl2O5/c1-2-3-4-5-6-7-8-13-29-18-11-9-16(10-12-18)23(28)30-21-19(24)14-17(22(26)27)15-20(21)25/h9-12,14-15H,2-8,13H2,1H3,(H,26,27). The normalized spacial score (nSPS) is 10.6. The highest BCUT2D eigenvalue weighted by Gasteiger charge is 2.17. The number of esters is 1. The van der Waals surface area contributed by atoms with Crippen LogP contribution in [0, 0.1) is 0 Å². The zero-order chi connectivity index (χ0) is 21.9. The summed E-state index contributed by atoms with van der Waals surface area (Å²) in [5, 5.41) is 8.90. The first-order valence-corrected chi connectivity index (χ1v) is 10.8. The van der Waals surface area contributed by atoms with Crippen molar-refractivity contribution in [3.63, 3.8) is 0 Å². The Bertz CT molecular complexity index is 826. The van der Waals surface area contributed by atoms with E-state index < -0.39 is 11.9 Å². The Hall–Kier alpha value is -2.24. The molecule has 0 saturated heterocycles. The number of halogens is 2. The quantitative estimate of drug-likeness (QED) is 0.212. The molecule has 2 rings (SSSR count). The number of unbranched alkanes of at least 4 members (excludes halogenated alkanes) is 6. The van der Waals surface area contributed by atoms with E-state index in [1.54, 1.807) is 24.3 Å². The van der Waals surface area contributed by atoms with Crippen LogP contribution in [0.5, 0.6) is 11.5 Å². The third-order valence-corrected chi connectivity index (χ3v) is 5.11. The molecule has 0 spiro atoms. The molecule has 0 unspecified atom stereocenters. The topological polar surface area (TPSA) is 72.8 Å². The number of benzene rings is 2. The minimum absolute atomic E-state index is 0.0529. The van der Waals surface area contributed by atoms with Gasteiger partial charge < -0.3 is 14.6 Å². The van der Waals surface area contributed by atoms with Gasteiger partial charge in [0.15, 0.2) is 5.75 Å². The van der Waals surface area contributed by atoms with Crippen LogP contribution in [0.3, 0.4) is 0 Å². The first-order valence-electron chi connectivity index (χ1n) is 10.1. The predicted octanol–water partition coefficient (Wildman–Crippen LogP) is 7.04. The highest BCUT2D eigenvalue weighted by atomic mass is 35.5. The van der Waals surface area contributed by atoms with Crippen LogP contribution in [-0.4, -0.2) is 23.7 Å². The highest BCUT2D eigenvalue weighted by molar-refractivity contribution is 6.38. The van der Waals surface area contributed by atoms with Crippen LogP contribution >= 0.6 is 23.2 Å². The Balaban J connectivity index is 1.83. The van der Waals surface area contributed by atoms with Gasteiger partial charge in [-0.25, -0.2) is 9.59 Å². The number of aromatic carboxylic acids is 1. The van der Waals surface area contributed by atoms with Crippen molar-refractivity contribution in [1.82, 2.24) is 0 Å². The maximum atomic E-state index is 12.4. The number of rotatable bonds is 12. The molecule has 0 amide bonds. The van der Waals surface area contributed by atoms with Gasteiger partial charge in [-0.2, -0.15) is 0 Å². The molecule has 0 aliphatic heterocycles. The fourth-order valence-corrected chi connectivity index (χ4v) is 3.43. The van der Waals surface area contributed by atoms with Crippen LogP contribution in [0.15, 0.2) is 36.4 Å². The van der Waals surface area contributed by atoms with Crippen molar-refractivity contribution in [3.8, 4) is 11.5 Å². The summed E-state index contributed by atoms with van der Waals surface area (Å²) in [6.45, 7) is 2.85. The van der Waals surface area contributed by atoms with Crippen molar-refractivity contribution in [2.75, 3.05) is 6.61 Å². The average molecular weight is 453 g/mol. The van der Waals surface area contributed by atoms with E-state index in [1.165, 1.54) is 44.2 Å². The fourth-order valence-electron chi connectivity index (χ4n) is 2.87. The van der Waals surface area contributed by atoms with Crippen LogP contribution in [-0.2, 0) is 0 Å². The van der Waals surface area contributed by atoms with E-state index in [1.807, 2.05) is 0 Å². The van der Waals surface area contributed by atoms with Crippen LogP contribution in [0.2, 0.25) is 10.0 Å².